The minimum absolute atomic E-state index is 0.0877. The van der Waals surface area contributed by atoms with Crippen LogP contribution in [0.2, 0.25) is 0 Å². The smallest absolute Gasteiger partial charge is 0.326 e. The molecule has 0 radical (unpaired) electrons. The first kappa shape index (κ1) is 18.0. The molecule has 1 aromatic rings. The Kier molecular flexibility index (Phi) is 6.55. The number of rotatable bonds is 8. The number of carbonyl (C=O) groups excluding carboxylic acids is 1. The lowest BCUT2D eigenvalue weighted by atomic mass is 10.1. The van der Waals surface area contributed by atoms with Crippen LogP contribution in [0.3, 0.4) is 0 Å². The average molecular weight is 322 g/mol. The third-order valence-electron chi connectivity index (χ3n) is 2.86. The number of amides is 1. The van der Waals surface area contributed by atoms with E-state index in [1.54, 1.807) is 0 Å². The minimum Gasteiger partial charge on any atom is -0.481 e. The largest absolute Gasteiger partial charge is 0.481 e. The molecule has 8 heteroatoms. The van der Waals surface area contributed by atoms with E-state index in [-0.39, 0.29) is 24.2 Å². The van der Waals surface area contributed by atoms with Crippen molar-refractivity contribution >= 4 is 23.5 Å². The fraction of sp³-hybridized carbons (Fsp3) is 0.267. The van der Waals surface area contributed by atoms with Gasteiger partial charge in [-0.15, -0.1) is 6.42 Å². The van der Waals surface area contributed by atoms with Crippen LogP contribution in [0.15, 0.2) is 18.2 Å². The van der Waals surface area contributed by atoms with Crippen LogP contribution in [-0.4, -0.2) is 40.6 Å². The molecule has 7 nitrogen and oxygen atoms in total. The van der Waals surface area contributed by atoms with Gasteiger partial charge in [0.1, 0.15) is 11.9 Å². The summed E-state index contributed by atoms with van der Waals surface area (Å²) in [5.41, 5.74) is 0.0236. The van der Waals surface area contributed by atoms with Crippen LogP contribution in [0.5, 0.6) is 0 Å². The molecule has 1 amide bonds. The Morgan fingerprint density at radius 3 is 2.52 bits per heavy atom. The van der Waals surface area contributed by atoms with Gasteiger partial charge in [0, 0.05) is 12.0 Å². The lowest BCUT2D eigenvalue weighted by Crippen LogP contribution is -2.41. The first-order valence-electron chi connectivity index (χ1n) is 6.57. The standard InChI is InChI=1S/C15H15FN2O5/c1-2-7-17-11-4-3-9(8-10(11)16)14(21)18-12(15(22)23)5-6-13(19)20/h1,3-4,8,12,17H,5-7H2,(H,18,21)(H,19,20)(H,22,23)/t12-/m0/s1. The van der Waals surface area contributed by atoms with Gasteiger partial charge < -0.3 is 20.8 Å². The van der Waals surface area contributed by atoms with Gasteiger partial charge in [0.05, 0.1) is 12.2 Å². The number of carboxylic acid groups (broad SMARTS) is 2. The SMILES string of the molecule is C#CCNc1ccc(C(=O)N[C@@H](CCC(=O)O)C(=O)O)cc1F. The molecule has 0 fully saturated rings. The number of terminal acetylenes is 1. The summed E-state index contributed by atoms with van der Waals surface area (Å²) in [7, 11) is 0. The van der Waals surface area contributed by atoms with Gasteiger partial charge in [-0.25, -0.2) is 9.18 Å². The van der Waals surface area contributed by atoms with Crippen molar-refractivity contribution in [3.8, 4) is 12.3 Å². The van der Waals surface area contributed by atoms with Crippen molar-refractivity contribution < 1.29 is 29.0 Å². The lowest BCUT2D eigenvalue weighted by molar-refractivity contribution is -0.140. The Morgan fingerprint density at radius 1 is 1.30 bits per heavy atom. The second kappa shape index (κ2) is 8.38. The van der Waals surface area contributed by atoms with Gasteiger partial charge >= 0.3 is 11.9 Å². The van der Waals surface area contributed by atoms with Crippen molar-refractivity contribution in [3.63, 3.8) is 0 Å². The molecule has 0 aromatic heterocycles. The zero-order valence-electron chi connectivity index (χ0n) is 12.0. The van der Waals surface area contributed by atoms with E-state index in [1.807, 2.05) is 0 Å². The van der Waals surface area contributed by atoms with E-state index >= 15 is 0 Å². The van der Waals surface area contributed by atoms with Crippen molar-refractivity contribution in [3.05, 3.63) is 29.6 Å². The Balaban J connectivity index is 2.79. The highest BCUT2D eigenvalue weighted by atomic mass is 19.1. The summed E-state index contributed by atoms with van der Waals surface area (Å²) in [5.74, 6) is -1.81. The fourth-order valence-corrected chi connectivity index (χ4v) is 1.71. The molecule has 0 heterocycles. The van der Waals surface area contributed by atoms with Crippen LogP contribution >= 0.6 is 0 Å². The zero-order valence-corrected chi connectivity index (χ0v) is 12.0. The first-order valence-corrected chi connectivity index (χ1v) is 6.57. The van der Waals surface area contributed by atoms with E-state index in [0.717, 1.165) is 6.07 Å². The molecular weight excluding hydrogens is 307 g/mol. The molecule has 1 atom stereocenters. The van der Waals surface area contributed by atoms with Gasteiger partial charge in [-0.05, 0) is 24.6 Å². The number of hydrogen-bond acceptors (Lipinski definition) is 4. The Labute approximate surface area is 131 Å². The number of anilines is 1. The summed E-state index contributed by atoms with van der Waals surface area (Å²) >= 11 is 0. The quantitative estimate of drug-likeness (QED) is 0.529. The monoisotopic (exact) mass is 322 g/mol. The van der Waals surface area contributed by atoms with Crippen molar-refractivity contribution in [2.24, 2.45) is 0 Å². The molecule has 0 saturated heterocycles. The molecular formula is C15H15FN2O5. The summed E-state index contributed by atoms with van der Waals surface area (Å²) in [6, 6.07) is 2.16. The zero-order chi connectivity index (χ0) is 17.4. The minimum atomic E-state index is -1.37. The third kappa shape index (κ3) is 5.67. The maximum Gasteiger partial charge on any atom is 0.326 e. The highest BCUT2D eigenvalue weighted by Crippen LogP contribution is 2.15. The molecule has 0 spiro atoms. The summed E-state index contributed by atoms with van der Waals surface area (Å²) in [6.45, 7) is 0.110. The Bertz CT molecular complexity index is 654. The van der Waals surface area contributed by atoms with Crippen LogP contribution in [-0.2, 0) is 9.59 Å². The number of benzene rings is 1. The summed E-state index contributed by atoms with van der Waals surface area (Å²) in [4.78, 5) is 33.4. The molecule has 0 unspecified atom stereocenters. The third-order valence-corrected chi connectivity index (χ3v) is 2.86. The number of hydrogen-bond donors (Lipinski definition) is 4. The molecule has 1 aromatic carbocycles. The van der Waals surface area contributed by atoms with E-state index in [4.69, 9.17) is 16.6 Å². The van der Waals surface area contributed by atoms with Gasteiger partial charge in [0.2, 0.25) is 0 Å². The van der Waals surface area contributed by atoms with Crippen molar-refractivity contribution in [2.75, 3.05) is 11.9 Å². The second-order valence-electron chi connectivity index (χ2n) is 4.55. The van der Waals surface area contributed by atoms with E-state index < -0.39 is 36.1 Å². The highest BCUT2D eigenvalue weighted by molar-refractivity contribution is 5.97. The molecule has 0 aliphatic heterocycles. The fourth-order valence-electron chi connectivity index (χ4n) is 1.71. The maximum atomic E-state index is 13.8. The first-order chi connectivity index (χ1) is 10.8. The topological polar surface area (TPSA) is 116 Å². The Hall–Kier alpha value is -3.08. The van der Waals surface area contributed by atoms with Gasteiger partial charge in [0.15, 0.2) is 0 Å². The van der Waals surface area contributed by atoms with Crippen LogP contribution < -0.4 is 10.6 Å². The van der Waals surface area contributed by atoms with Gasteiger partial charge in [-0.2, -0.15) is 0 Å². The van der Waals surface area contributed by atoms with E-state index in [2.05, 4.69) is 16.6 Å². The molecule has 0 aliphatic carbocycles. The predicted molar refractivity (Wildman–Crippen MR) is 79.5 cm³/mol. The number of aliphatic carboxylic acids is 2. The Morgan fingerprint density at radius 2 is 2.00 bits per heavy atom. The lowest BCUT2D eigenvalue weighted by Gasteiger charge is -2.14. The second-order valence-corrected chi connectivity index (χ2v) is 4.55. The molecule has 122 valence electrons. The number of halogens is 1. The molecule has 0 saturated carbocycles. The van der Waals surface area contributed by atoms with Gasteiger partial charge in [0.25, 0.3) is 5.91 Å². The van der Waals surface area contributed by atoms with E-state index in [9.17, 15) is 18.8 Å². The summed E-state index contributed by atoms with van der Waals surface area (Å²) < 4.78 is 13.8. The van der Waals surface area contributed by atoms with Gasteiger partial charge in [-0.1, -0.05) is 5.92 Å². The van der Waals surface area contributed by atoms with E-state index in [1.165, 1.54) is 12.1 Å². The van der Waals surface area contributed by atoms with Crippen molar-refractivity contribution in [2.45, 2.75) is 18.9 Å². The molecule has 4 N–H and O–H groups in total. The van der Waals surface area contributed by atoms with Crippen LogP contribution in [0.4, 0.5) is 10.1 Å². The molecule has 1 rings (SSSR count). The number of nitrogens with one attached hydrogen (secondary N) is 2. The van der Waals surface area contributed by atoms with E-state index in [0.29, 0.717) is 0 Å². The molecule has 0 aliphatic rings. The number of carboxylic acids is 2. The maximum absolute atomic E-state index is 13.8. The van der Waals surface area contributed by atoms with Gasteiger partial charge in [-0.3, -0.25) is 9.59 Å². The summed E-state index contributed by atoms with van der Waals surface area (Å²) in [5, 5.41) is 22.3. The number of carbonyl (C=O) groups is 3. The van der Waals surface area contributed by atoms with Crippen LogP contribution in [0.1, 0.15) is 23.2 Å². The molecule has 23 heavy (non-hydrogen) atoms. The normalized spacial score (nSPS) is 11.1. The molecule has 0 bridgehead atoms. The predicted octanol–water partition coefficient (Wildman–Crippen LogP) is 0.919. The van der Waals surface area contributed by atoms with Crippen LogP contribution in [0, 0.1) is 18.2 Å². The van der Waals surface area contributed by atoms with Crippen molar-refractivity contribution in [1.29, 1.82) is 0 Å². The van der Waals surface area contributed by atoms with Crippen molar-refractivity contribution in [1.82, 2.24) is 5.32 Å². The summed E-state index contributed by atoms with van der Waals surface area (Å²) in [6.07, 6.45) is 4.35. The van der Waals surface area contributed by atoms with Crippen LogP contribution in [0.25, 0.3) is 0 Å². The average Bonchev–Trinajstić information content (AvgIpc) is 2.49. The highest BCUT2D eigenvalue weighted by Gasteiger charge is 2.22.